The number of carbonyl (C=O) groups is 1. The molecule has 0 radical (unpaired) electrons. The van der Waals surface area contributed by atoms with Crippen molar-refractivity contribution in [3.05, 3.63) is 29.8 Å². The van der Waals surface area contributed by atoms with Crippen molar-refractivity contribution in [1.29, 1.82) is 0 Å². The zero-order valence-corrected chi connectivity index (χ0v) is 11.3. The minimum Gasteiger partial charge on any atom is -0.310 e. The Morgan fingerprint density at radius 2 is 2.06 bits per heavy atom. The molecule has 1 saturated heterocycles. The largest absolute Gasteiger partial charge is 0.310 e. The number of piperidine rings is 1. The quantitative estimate of drug-likeness (QED) is 0.875. The second kappa shape index (κ2) is 6.11. The first-order chi connectivity index (χ1) is 8.66. The molecule has 1 amide bonds. The molecule has 0 aliphatic carbocycles. The highest BCUT2D eigenvalue weighted by Crippen LogP contribution is 2.23. The lowest BCUT2D eigenvalue weighted by Gasteiger charge is -2.23. The van der Waals surface area contributed by atoms with Crippen molar-refractivity contribution in [2.24, 2.45) is 0 Å². The maximum absolute atomic E-state index is 11.7. The molecule has 1 fully saturated rings. The van der Waals surface area contributed by atoms with Gasteiger partial charge in [0.1, 0.15) is 0 Å². The molecule has 5 heteroatoms. The Bertz CT molecular complexity index is 439. The third kappa shape index (κ3) is 3.40. The number of amides is 1. The molecule has 0 aromatic heterocycles. The van der Waals surface area contributed by atoms with Gasteiger partial charge in [0.15, 0.2) is 11.0 Å². The van der Waals surface area contributed by atoms with E-state index in [9.17, 15) is 9.00 Å². The summed E-state index contributed by atoms with van der Waals surface area (Å²) in [6, 6.07) is 8.01. The highest BCUT2D eigenvalue weighted by Gasteiger charge is 2.14. The number of carbonyl (C=O) groups excluding carboxylic acids is 1. The number of nitrogens with one attached hydrogen (secondary N) is 2. The summed E-state index contributed by atoms with van der Waals surface area (Å²) in [4.78, 5) is 11.5. The van der Waals surface area contributed by atoms with Crippen molar-refractivity contribution in [1.82, 2.24) is 10.0 Å². The Morgan fingerprint density at radius 1 is 1.33 bits per heavy atom. The molecular weight excluding hydrogens is 248 g/mol. The molecule has 98 valence electrons. The van der Waals surface area contributed by atoms with Crippen LogP contribution in [0.15, 0.2) is 29.2 Å². The lowest BCUT2D eigenvalue weighted by atomic mass is 9.98. The molecule has 1 aliphatic rings. The van der Waals surface area contributed by atoms with Crippen LogP contribution in [0.1, 0.15) is 37.8 Å². The molecule has 0 spiro atoms. The lowest BCUT2D eigenvalue weighted by Crippen LogP contribution is -2.26. The molecule has 18 heavy (non-hydrogen) atoms. The van der Waals surface area contributed by atoms with Gasteiger partial charge in [0.2, 0.25) is 5.91 Å². The molecular formula is C13H18N2O2S. The number of benzene rings is 1. The third-order valence-electron chi connectivity index (χ3n) is 3.04. The average Bonchev–Trinajstić information content (AvgIpc) is 2.39. The van der Waals surface area contributed by atoms with Crippen LogP contribution in [0.25, 0.3) is 0 Å². The van der Waals surface area contributed by atoms with Gasteiger partial charge in [-0.25, -0.2) is 4.21 Å². The normalized spacial score (nSPS) is 21.3. The Labute approximate surface area is 110 Å². The second-order valence-corrected chi connectivity index (χ2v) is 5.71. The molecule has 0 saturated carbocycles. The maximum Gasteiger partial charge on any atom is 0.228 e. The summed E-state index contributed by atoms with van der Waals surface area (Å²) in [7, 11) is -1.45. The summed E-state index contributed by atoms with van der Waals surface area (Å²) in [5, 5.41) is 3.47. The lowest BCUT2D eigenvalue weighted by molar-refractivity contribution is -0.117. The van der Waals surface area contributed by atoms with E-state index in [-0.39, 0.29) is 5.91 Å². The van der Waals surface area contributed by atoms with Gasteiger partial charge in [-0.3, -0.25) is 9.52 Å². The molecule has 0 bridgehead atoms. The Hall–Kier alpha value is -1.20. The minimum absolute atomic E-state index is 0.286. The summed E-state index contributed by atoms with van der Waals surface area (Å²) in [5.74, 6) is -0.286. The highest BCUT2D eigenvalue weighted by atomic mass is 32.2. The Kier molecular flexibility index (Phi) is 4.49. The third-order valence-corrected chi connectivity index (χ3v) is 4.22. The van der Waals surface area contributed by atoms with Crippen LogP contribution in [-0.4, -0.2) is 16.7 Å². The van der Waals surface area contributed by atoms with Gasteiger partial charge in [-0.05, 0) is 37.1 Å². The second-order valence-electron chi connectivity index (χ2n) is 4.50. The molecule has 2 N–H and O–H groups in total. The van der Waals surface area contributed by atoms with Gasteiger partial charge in [0.25, 0.3) is 0 Å². The van der Waals surface area contributed by atoms with E-state index in [1.807, 2.05) is 24.3 Å². The van der Waals surface area contributed by atoms with E-state index >= 15 is 0 Å². The first-order valence-corrected chi connectivity index (χ1v) is 7.34. The van der Waals surface area contributed by atoms with E-state index in [1.165, 1.54) is 25.3 Å². The summed E-state index contributed by atoms with van der Waals surface area (Å²) in [5.41, 5.74) is 1.22. The van der Waals surface area contributed by atoms with E-state index < -0.39 is 11.0 Å². The van der Waals surface area contributed by atoms with Crippen LogP contribution in [-0.2, 0) is 15.8 Å². The zero-order chi connectivity index (χ0) is 13.0. The van der Waals surface area contributed by atoms with Gasteiger partial charge < -0.3 is 5.32 Å². The van der Waals surface area contributed by atoms with Crippen LogP contribution in [0.4, 0.5) is 0 Å². The van der Waals surface area contributed by atoms with Crippen molar-refractivity contribution in [3.8, 4) is 0 Å². The SMILES string of the molecule is CC(=O)NS(=O)c1ccc(C2CCCCN2)cc1. The predicted molar refractivity (Wildman–Crippen MR) is 71.3 cm³/mol. The van der Waals surface area contributed by atoms with Crippen molar-refractivity contribution >= 4 is 16.9 Å². The van der Waals surface area contributed by atoms with Gasteiger partial charge in [0, 0.05) is 13.0 Å². The van der Waals surface area contributed by atoms with Crippen LogP contribution >= 0.6 is 0 Å². The number of rotatable bonds is 3. The van der Waals surface area contributed by atoms with E-state index in [1.54, 1.807) is 0 Å². The van der Waals surface area contributed by atoms with E-state index in [0.717, 1.165) is 13.0 Å². The van der Waals surface area contributed by atoms with Crippen molar-refractivity contribution < 1.29 is 9.00 Å². The molecule has 1 aliphatic heterocycles. The van der Waals surface area contributed by atoms with Gasteiger partial charge in [-0.2, -0.15) is 0 Å². The average molecular weight is 266 g/mol. The fourth-order valence-corrected chi connectivity index (χ4v) is 2.91. The van der Waals surface area contributed by atoms with E-state index in [0.29, 0.717) is 10.9 Å². The molecule has 4 nitrogen and oxygen atoms in total. The minimum atomic E-state index is -1.45. The molecule has 1 heterocycles. The highest BCUT2D eigenvalue weighted by molar-refractivity contribution is 7.83. The Morgan fingerprint density at radius 3 is 2.61 bits per heavy atom. The van der Waals surface area contributed by atoms with Crippen molar-refractivity contribution in [3.63, 3.8) is 0 Å². The van der Waals surface area contributed by atoms with Gasteiger partial charge in [0.05, 0.1) is 4.90 Å². The molecule has 2 rings (SSSR count). The number of hydrogen-bond donors (Lipinski definition) is 2. The summed E-state index contributed by atoms with van der Waals surface area (Å²) < 4.78 is 14.1. The van der Waals surface area contributed by atoms with Crippen molar-refractivity contribution in [2.45, 2.75) is 37.1 Å². The summed E-state index contributed by atoms with van der Waals surface area (Å²) in [6.07, 6.45) is 3.63. The molecule has 2 unspecified atom stereocenters. The monoisotopic (exact) mass is 266 g/mol. The van der Waals surface area contributed by atoms with E-state index in [4.69, 9.17) is 0 Å². The first-order valence-electron chi connectivity index (χ1n) is 6.19. The van der Waals surface area contributed by atoms with Gasteiger partial charge in [-0.15, -0.1) is 0 Å². The van der Waals surface area contributed by atoms with Crippen molar-refractivity contribution in [2.75, 3.05) is 6.54 Å². The van der Waals surface area contributed by atoms with Crippen LogP contribution in [0.2, 0.25) is 0 Å². The standard InChI is InChI=1S/C13H18N2O2S/c1-10(16)15-18(17)12-7-5-11(6-8-12)13-4-2-3-9-14-13/h5-8,13-14H,2-4,9H2,1H3,(H,15,16). The Balaban J connectivity index is 2.04. The van der Waals surface area contributed by atoms with Crippen LogP contribution < -0.4 is 10.0 Å². The van der Waals surface area contributed by atoms with Crippen LogP contribution in [0, 0.1) is 0 Å². The first kappa shape index (κ1) is 13.2. The zero-order valence-electron chi connectivity index (χ0n) is 10.4. The molecule has 2 atom stereocenters. The molecule has 1 aromatic carbocycles. The topological polar surface area (TPSA) is 58.2 Å². The van der Waals surface area contributed by atoms with Gasteiger partial charge in [-0.1, -0.05) is 18.6 Å². The fourth-order valence-electron chi connectivity index (χ4n) is 2.15. The van der Waals surface area contributed by atoms with Crippen LogP contribution in [0.5, 0.6) is 0 Å². The number of hydrogen-bond acceptors (Lipinski definition) is 3. The summed E-state index contributed by atoms with van der Waals surface area (Å²) >= 11 is 0. The fraction of sp³-hybridized carbons (Fsp3) is 0.462. The van der Waals surface area contributed by atoms with Gasteiger partial charge >= 0.3 is 0 Å². The van der Waals surface area contributed by atoms with Crippen LogP contribution in [0.3, 0.4) is 0 Å². The van der Waals surface area contributed by atoms with E-state index in [2.05, 4.69) is 10.0 Å². The summed E-state index contributed by atoms with van der Waals surface area (Å²) in [6.45, 7) is 2.42. The predicted octanol–water partition coefficient (Wildman–Crippen LogP) is 1.66. The maximum atomic E-state index is 11.7. The molecule has 1 aromatic rings. The smallest absolute Gasteiger partial charge is 0.228 e.